The summed E-state index contributed by atoms with van der Waals surface area (Å²) in [6, 6.07) is 4.00. The predicted molar refractivity (Wildman–Crippen MR) is 73.7 cm³/mol. The number of anilines is 1. The Morgan fingerprint density at radius 3 is 2.44 bits per heavy atom. The van der Waals surface area contributed by atoms with Crippen LogP contribution in [0.2, 0.25) is 0 Å². The molecule has 2 rings (SSSR count). The molecule has 0 atom stereocenters. The second-order valence-electron chi connectivity index (χ2n) is 5.16. The molecule has 1 aromatic rings. The van der Waals surface area contributed by atoms with Crippen LogP contribution in [0.4, 0.5) is 5.69 Å². The Hall–Kier alpha value is -1.42. The molecule has 2 N–H and O–H groups in total. The van der Waals surface area contributed by atoms with Crippen molar-refractivity contribution in [3.05, 3.63) is 17.7 Å². The van der Waals surface area contributed by atoms with Crippen molar-refractivity contribution in [1.82, 2.24) is 0 Å². The first-order valence-corrected chi connectivity index (χ1v) is 6.22. The lowest BCUT2D eigenvalue weighted by molar-refractivity contribution is 0.388. The number of ether oxygens (including phenoxy) is 2. The minimum Gasteiger partial charge on any atom is -0.496 e. The summed E-state index contributed by atoms with van der Waals surface area (Å²) in [7, 11) is 5.41. The molecule has 1 aliphatic carbocycles. The summed E-state index contributed by atoms with van der Waals surface area (Å²) in [6.45, 7) is 2.86. The lowest BCUT2D eigenvalue weighted by Gasteiger charge is -2.26. The van der Waals surface area contributed by atoms with E-state index in [9.17, 15) is 0 Å². The van der Waals surface area contributed by atoms with Gasteiger partial charge in [-0.2, -0.15) is 0 Å². The van der Waals surface area contributed by atoms with E-state index in [0.717, 1.165) is 42.1 Å². The standard InChI is InChI=1S/C14H22N2O2/c1-10-12(17-3)6-5-11(13(10)18-4)16(2)9-14(15)7-8-14/h5-6H,7-9,15H2,1-4H3. The third-order valence-corrected chi connectivity index (χ3v) is 3.61. The van der Waals surface area contributed by atoms with Crippen LogP contribution in [0.5, 0.6) is 11.5 Å². The Labute approximate surface area is 109 Å². The van der Waals surface area contributed by atoms with E-state index in [1.165, 1.54) is 0 Å². The van der Waals surface area contributed by atoms with Gasteiger partial charge in [0.25, 0.3) is 0 Å². The molecular weight excluding hydrogens is 228 g/mol. The lowest BCUT2D eigenvalue weighted by atomic mass is 10.1. The zero-order valence-corrected chi connectivity index (χ0v) is 11.6. The highest BCUT2D eigenvalue weighted by atomic mass is 16.5. The lowest BCUT2D eigenvalue weighted by Crippen LogP contribution is -2.37. The van der Waals surface area contributed by atoms with Crippen LogP contribution in [-0.4, -0.2) is 33.4 Å². The van der Waals surface area contributed by atoms with E-state index < -0.39 is 0 Å². The molecule has 1 saturated carbocycles. The van der Waals surface area contributed by atoms with Gasteiger partial charge in [-0.25, -0.2) is 0 Å². The number of methoxy groups -OCH3 is 2. The molecule has 0 amide bonds. The predicted octanol–water partition coefficient (Wildman–Crippen LogP) is 1.94. The first kappa shape index (κ1) is 13.0. The molecule has 0 saturated heterocycles. The first-order chi connectivity index (χ1) is 8.50. The highest BCUT2D eigenvalue weighted by molar-refractivity contribution is 5.65. The number of likely N-dealkylation sites (N-methyl/N-ethyl adjacent to an activating group) is 1. The molecule has 0 bridgehead atoms. The molecule has 0 spiro atoms. The summed E-state index contributed by atoms with van der Waals surface area (Å²) < 4.78 is 10.8. The van der Waals surface area contributed by atoms with E-state index in [4.69, 9.17) is 15.2 Å². The number of hydrogen-bond acceptors (Lipinski definition) is 4. The van der Waals surface area contributed by atoms with Gasteiger partial charge in [-0.15, -0.1) is 0 Å². The minimum absolute atomic E-state index is 0.00636. The Morgan fingerprint density at radius 1 is 1.28 bits per heavy atom. The van der Waals surface area contributed by atoms with Crippen molar-refractivity contribution < 1.29 is 9.47 Å². The highest BCUT2D eigenvalue weighted by Crippen LogP contribution is 2.39. The molecule has 0 aromatic heterocycles. The summed E-state index contributed by atoms with van der Waals surface area (Å²) in [5, 5.41) is 0. The summed E-state index contributed by atoms with van der Waals surface area (Å²) >= 11 is 0. The summed E-state index contributed by atoms with van der Waals surface area (Å²) in [5.74, 6) is 1.71. The van der Waals surface area contributed by atoms with Gasteiger partial charge in [0.15, 0.2) is 0 Å². The zero-order chi connectivity index (χ0) is 13.3. The molecule has 0 unspecified atom stereocenters. The molecule has 18 heavy (non-hydrogen) atoms. The second-order valence-corrected chi connectivity index (χ2v) is 5.16. The largest absolute Gasteiger partial charge is 0.496 e. The highest BCUT2D eigenvalue weighted by Gasteiger charge is 2.39. The van der Waals surface area contributed by atoms with E-state index in [-0.39, 0.29) is 5.54 Å². The Morgan fingerprint density at radius 2 is 1.94 bits per heavy atom. The number of rotatable bonds is 5. The van der Waals surface area contributed by atoms with Gasteiger partial charge < -0.3 is 20.1 Å². The molecule has 4 nitrogen and oxygen atoms in total. The van der Waals surface area contributed by atoms with Gasteiger partial charge in [0.05, 0.1) is 19.9 Å². The summed E-state index contributed by atoms with van der Waals surface area (Å²) in [6.07, 6.45) is 2.21. The van der Waals surface area contributed by atoms with Gasteiger partial charge in [-0.05, 0) is 31.9 Å². The van der Waals surface area contributed by atoms with Crippen LogP contribution in [-0.2, 0) is 0 Å². The Balaban J connectivity index is 2.29. The fourth-order valence-corrected chi connectivity index (χ4v) is 2.31. The van der Waals surface area contributed by atoms with E-state index in [1.807, 2.05) is 19.1 Å². The van der Waals surface area contributed by atoms with Crippen molar-refractivity contribution in [2.24, 2.45) is 5.73 Å². The van der Waals surface area contributed by atoms with E-state index in [0.29, 0.717) is 0 Å². The SMILES string of the molecule is COc1ccc(N(C)CC2(N)CC2)c(OC)c1C. The molecule has 4 heteroatoms. The van der Waals surface area contributed by atoms with Crippen LogP contribution in [0.3, 0.4) is 0 Å². The summed E-state index contributed by atoms with van der Waals surface area (Å²) in [4.78, 5) is 2.16. The maximum absolute atomic E-state index is 6.16. The van der Waals surface area contributed by atoms with Crippen molar-refractivity contribution in [3.8, 4) is 11.5 Å². The third-order valence-electron chi connectivity index (χ3n) is 3.61. The molecule has 1 aromatic carbocycles. The molecule has 100 valence electrons. The maximum atomic E-state index is 6.16. The number of nitrogens with two attached hydrogens (primary N) is 1. The van der Waals surface area contributed by atoms with Crippen molar-refractivity contribution in [2.75, 3.05) is 32.7 Å². The molecule has 0 aliphatic heterocycles. The van der Waals surface area contributed by atoms with Crippen LogP contribution < -0.4 is 20.1 Å². The zero-order valence-electron chi connectivity index (χ0n) is 11.6. The smallest absolute Gasteiger partial charge is 0.148 e. The Kier molecular flexibility index (Phi) is 3.39. The van der Waals surface area contributed by atoms with Crippen LogP contribution in [0.25, 0.3) is 0 Å². The molecular formula is C14H22N2O2. The van der Waals surface area contributed by atoms with Crippen LogP contribution >= 0.6 is 0 Å². The van der Waals surface area contributed by atoms with E-state index in [1.54, 1.807) is 14.2 Å². The number of hydrogen-bond donors (Lipinski definition) is 1. The van der Waals surface area contributed by atoms with Crippen molar-refractivity contribution in [1.29, 1.82) is 0 Å². The van der Waals surface area contributed by atoms with Gasteiger partial charge in [-0.1, -0.05) is 0 Å². The van der Waals surface area contributed by atoms with Gasteiger partial charge in [-0.3, -0.25) is 0 Å². The normalized spacial score (nSPS) is 16.3. The molecule has 0 radical (unpaired) electrons. The monoisotopic (exact) mass is 250 g/mol. The topological polar surface area (TPSA) is 47.7 Å². The van der Waals surface area contributed by atoms with Crippen molar-refractivity contribution in [3.63, 3.8) is 0 Å². The average Bonchev–Trinajstić information content (AvgIpc) is 3.06. The van der Waals surface area contributed by atoms with Crippen LogP contribution in [0.1, 0.15) is 18.4 Å². The fourth-order valence-electron chi connectivity index (χ4n) is 2.31. The maximum Gasteiger partial charge on any atom is 0.148 e. The van der Waals surface area contributed by atoms with Crippen molar-refractivity contribution in [2.45, 2.75) is 25.3 Å². The van der Waals surface area contributed by atoms with Crippen LogP contribution in [0.15, 0.2) is 12.1 Å². The van der Waals surface area contributed by atoms with Gasteiger partial charge >= 0.3 is 0 Å². The summed E-state index contributed by atoms with van der Waals surface area (Å²) in [5.41, 5.74) is 8.24. The quantitative estimate of drug-likeness (QED) is 0.867. The van der Waals surface area contributed by atoms with Gasteiger partial charge in [0, 0.05) is 24.7 Å². The van der Waals surface area contributed by atoms with Gasteiger partial charge in [0.1, 0.15) is 11.5 Å². The third kappa shape index (κ3) is 2.38. The van der Waals surface area contributed by atoms with Gasteiger partial charge in [0.2, 0.25) is 0 Å². The minimum atomic E-state index is -0.00636. The molecule has 0 heterocycles. The van der Waals surface area contributed by atoms with E-state index in [2.05, 4.69) is 11.9 Å². The number of nitrogens with zero attached hydrogens (tertiary/aromatic N) is 1. The fraction of sp³-hybridized carbons (Fsp3) is 0.571. The average molecular weight is 250 g/mol. The number of benzene rings is 1. The van der Waals surface area contributed by atoms with Crippen LogP contribution in [0, 0.1) is 6.92 Å². The molecule has 1 aliphatic rings. The molecule has 1 fully saturated rings. The van der Waals surface area contributed by atoms with E-state index >= 15 is 0 Å². The first-order valence-electron chi connectivity index (χ1n) is 6.22. The van der Waals surface area contributed by atoms with Crippen molar-refractivity contribution >= 4 is 5.69 Å². The Bertz CT molecular complexity index is 442. The second kappa shape index (κ2) is 4.69.